The molecule has 1 fully saturated rings. The van der Waals surface area contributed by atoms with Gasteiger partial charge >= 0.3 is 5.97 Å². The van der Waals surface area contributed by atoms with Gasteiger partial charge in [0.25, 0.3) is 0 Å². The topological polar surface area (TPSA) is 69.6 Å². The first-order valence-corrected chi connectivity index (χ1v) is 5.41. The van der Waals surface area contributed by atoms with Gasteiger partial charge in [0.15, 0.2) is 0 Å². The monoisotopic (exact) mass is 221 g/mol. The molecule has 0 bridgehead atoms. The summed E-state index contributed by atoms with van der Waals surface area (Å²) in [7, 11) is 0. The number of nitrogens with one attached hydrogen (secondary N) is 1. The molecule has 16 heavy (non-hydrogen) atoms. The summed E-state index contributed by atoms with van der Waals surface area (Å²) >= 11 is 0. The number of aliphatic carboxylic acids is 1. The lowest BCUT2D eigenvalue weighted by Crippen LogP contribution is -2.23. The molecule has 86 valence electrons. The number of carboxylic acids is 1. The van der Waals surface area contributed by atoms with Crippen LogP contribution < -0.4 is 5.32 Å². The normalized spacial score (nSPS) is 21.9. The van der Waals surface area contributed by atoms with E-state index in [0.29, 0.717) is 12.1 Å². The summed E-state index contributed by atoms with van der Waals surface area (Å²) in [6.45, 7) is 1.55. The van der Waals surface area contributed by atoms with Crippen molar-refractivity contribution in [1.82, 2.24) is 5.32 Å². The number of carbonyl (C=O) groups is 1. The summed E-state index contributed by atoms with van der Waals surface area (Å²) < 4.78 is 0. The van der Waals surface area contributed by atoms with Gasteiger partial charge in [0, 0.05) is 5.56 Å². The molecule has 1 aromatic rings. The minimum absolute atomic E-state index is 0.0609. The van der Waals surface area contributed by atoms with Crippen LogP contribution >= 0.6 is 0 Å². The zero-order chi connectivity index (χ0) is 11.5. The summed E-state index contributed by atoms with van der Waals surface area (Å²) in [5.41, 5.74) is 0.517. The largest absolute Gasteiger partial charge is 0.508 e. The molecule has 0 radical (unpaired) electrons. The fourth-order valence-electron chi connectivity index (χ4n) is 2.30. The third-order valence-corrected chi connectivity index (χ3v) is 3.11. The lowest BCUT2D eigenvalue weighted by molar-refractivity contribution is -0.140. The van der Waals surface area contributed by atoms with Gasteiger partial charge in [-0.25, -0.2) is 0 Å². The molecule has 0 amide bonds. The zero-order valence-corrected chi connectivity index (χ0v) is 8.89. The number of rotatable bonds is 3. The second-order valence-electron chi connectivity index (χ2n) is 4.13. The number of aromatic hydroxyl groups is 1. The van der Waals surface area contributed by atoms with Crippen LogP contribution in [0.15, 0.2) is 24.3 Å². The number of benzene rings is 1. The maximum Gasteiger partial charge on any atom is 0.311 e. The summed E-state index contributed by atoms with van der Waals surface area (Å²) in [6.07, 6.45) is 0.839. The van der Waals surface area contributed by atoms with Gasteiger partial charge < -0.3 is 15.5 Å². The highest BCUT2D eigenvalue weighted by atomic mass is 16.4. The number of phenols is 1. The van der Waals surface area contributed by atoms with E-state index in [0.717, 1.165) is 13.0 Å². The number of phenolic OH excluding ortho intramolecular Hbond substituents is 1. The Hall–Kier alpha value is -1.55. The molecule has 1 saturated heterocycles. The van der Waals surface area contributed by atoms with Gasteiger partial charge in [-0.2, -0.15) is 0 Å². The Balaban J connectivity index is 2.32. The van der Waals surface area contributed by atoms with E-state index < -0.39 is 11.9 Å². The minimum Gasteiger partial charge on any atom is -0.508 e. The highest BCUT2D eigenvalue weighted by Gasteiger charge is 2.33. The fraction of sp³-hybridized carbons (Fsp3) is 0.417. The summed E-state index contributed by atoms with van der Waals surface area (Å²) in [6, 6.07) is 6.68. The highest BCUT2D eigenvalue weighted by Crippen LogP contribution is 2.34. The first kappa shape index (κ1) is 11.0. The van der Waals surface area contributed by atoms with Crippen LogP contribution in [0.25, 0.3) is 0 Å². The van der Waals surface area contributed by atoms with Crippen LogP contribution in [0.3, 0.4) is 0 Å². The fourth-order valence-corrected chi connectivity index (χ4v) is 2.30. The third kappa shape index (κ3) is 2.02. The molecule has 2 rings (SSSR count). The van der Waals surface area contributed by atoms with E-state index in [9.17, 15) is 15.0 Å². The predicted molar refractivity (Wildman–Crippen MR) is 59.5 cm³/mol. The molecule has 1 aromatic carbocycles. The van der Waals surface area contributed by atoms with Gasteiger partial charge in [0.05, 0.1) is 5.92 Å². The van der Waals surface area contributed by atoms with Crippen molar-refractivity contribution in [2.45, 2.75) is 12.3 Å². The quantitative estimate of drug-likeness (QED) is 0.716. The van der Waals surface area contributed by atoms with Crippen LogP contribution in [-0.4, -0.2) is 29.3 Å². The van der Waals surface area contributed by atoms with Crippen LogP contribution in [0.5, 0.6) is 5.75 Å². The molecule has 0 aromatic heterocycles. The van der Waals surface area contributed by atoms with Gasteiger partial charge in [-0.3, -0.25) is 4.79 Å². The van der Waals surface area contributed by atoms with E-state index in [2.05, 4.69) is 5.32 Å². The molecule has 4 nitrogen and oxygen atoms in total. The first-order valence-electron chi connectivity index (χ1n) is 5.41. The van der Waals surface area contributed by atoms with Crippen LogP contribution in [0, 0.1) is 5.92 Å². The Bertz CT molecular complexity index is 386. The lowest BCUT2D eigenvalue weighted by Gasteiger charge is -2.19. The standard InChI is InChI=1S/C12H15NO3/c14-10-4-2-1-3-9(10)11(12(15)16)8-5-6-13-7-8/h1-4,8,11,13-14H,5-7H2,(H,15,16). The number of hydrogen-bond acceptors (Lipinski definition) is 3. The number of hydrogen-bond donors (Lipinski definition) is 3. The third-order valence-electron chi connectivity index (χ3n) is 3.11. The number of para-hydroxylation sites is 1. The zero-order valence-electron chi connectivity index (χ0n) is 8.89. The molecule has 1 aliphatic heterocycles. The van der Waals surface area contributed by atoms with E-state index in [1.54, 1.807) is 18.2 Å². The Morgan fingerprint density at radius 2 is 2.19 bits per heavy atom. The average molecular weight is 221 g/mol. The molecular formula is C12H15NO3. The number of carboxylic acid groups (broad SMARTS) is 1. The van der Waals surface area contributed by atoms with Crippen LogP contribution in [0.4, 0.5) is 0 Å². The van der Waals surface area contributed by atoms with E-state index in [-0.39, 0.29) is 11.7 Å². The predicted octanol–water partition coefficient (Wildman–Crippen LogP) is 1.17. The maximum atomic E-state index is 11.3. The van der Waals surface area contributed by atoms with Gasteiger partial charge in [-0.15, -0.1) is 0 Å². The lowest BCUT2D eigenvalue weighted by atomic mass is 9.85. The van der Waals surface area contributed by atoms with Crippen LogP contribution in [-0.2, 0) is 4.79 Å². The molecule has 1 heterocycles. The van der Waals surface area contributed by atoms with E-state index in [1.165, 1.54) is 6.07 Å². The summed E-state index contributed by atoms with van der Waals surface area (Å²) in [5, 5.41) is 22.1. The first-order chi connectivity index (χ1) is 7.70. The van der Waals surface area contributed by atoms with Crippen molar-refractivity contribution < 1.29 is 15.0 Å². The molecule has 4 heteroatoms. The summed E-state index contributed by atoms with van der Waals surface area (Å²) in [5.74, 6) is -1.35. The van der Waals surface area contributed by atoms with Crippen molar-refractivity contribution in [1.29, 1.82) is 0 Å². The molecule has 2 unspecified atom stereocenters. The van der Waals surface area contributed by atoms with Crippen molar-refractivity contribution in [2.24, 2.45) is 5.92 Å². The smallest absolute Gasteiger partial charge is 0.311 e. The van der Waals surface area contributed by atoms with Gasteiger partial charge in [-0.05, 0) is 31.5 Å². The SMILES string of the molecule is O=C(O)C(c1ccccc1O)C1CCNC1. The van der Waals surface area contributed by atoms with Gasteiger partial charge in [0.2, 0.25) is 0 Å². The Morgan fingerprint density at radius 1 is 1.44 bits per heavy atom. The van der Waals surface area contributed by atoms with E-state index in [1.807, 2.05) is 0 Å². The molecule has 2 atom stereocenters. The molecule has 1 aliphatic rings. The van der Waals surface area contributed by atoms with E-state index >= 15 is 0 Å². The van der Waals surface area contributed by atoms with Crippen molar-refractivity contribution in [3.05, 3.63) is 29.8 Å². The highest BCUT2D eigenvalue weighted by molar-refractivity contribution is 5.77. The van der Waals surface area contributed by atoms with Crippen molar-refractivity contribution >= 4 is 5.97 Å². The van der Waals surface area contributed by atoms with Crippen molar-refractivity contribution in [2.75, 3.05) is 13.1 Å². The Kier molecular flexibility index (Phi) is 3.10. The van der Waals surface area contributed by atoms with E-state index in [4.69, 9.17) is 0 Å². The molecule has 0 spiro atoms. The molecular weight excluding hydrogens is 206 g/mol. The Labute approximate surface area is 93.9 Å². The van der Waals surface area contributed by atoms with Crippen molar-refractivity contribution in [3.8, 4) is 5.75 Å². The summed E-state index contributed by atoms with van der Waals surface area (Å²) in [4.78, 5) is 11.3. The van der Waals surface area contributed by atoms with Crippen LogP contribution in [0.1, 0.15) is 17.9 Å². The minimum atomic E-state index is -0.866. The second-order valence-corrected chi connectivity index (χ2v) is 4.13. The van der Waals surface area contributed by atoms with Gasteiger partial charge in [0.1, 0.15) is 5.75 Å². The molecule has 0 aliphatic carbocycles. The molecule has 0 saturated carbocycles. The van der Waals surface area contributed by atoms with Crippen LogP contribution in [0.2, 0.25) is 0 Å². The average Bonchev–Trinajstić information content (AvgIpc) is 2.74. The second kappa shape index (κ2) is 4.53. The Morgan fingerprint density at radius 3 is 2.75 bits per heavy atom. The molecule has 3 N–H and O–H groups in total. The van der Waals surface area contributed by atoms with Crippen molar-refractivity contribution in [3.63, 3.8) is 0 Å². The van der Waals surface area contributed by atoms with Gasteiger partial charge in [-0.1, -0.05) is 18.2 Å². The maximum absolute atomic E-state index is 11.3.